The molecular formula is C20H22FNO3. The van der Waals surface area contributed by atoms with Gasteiger partial charge in [0.2, 0.25) is 0 Å². The van der Waals surface area contributed by atoms with Crippen molar-refractivity contribution in [2.45, 2.75) is 18.9 Å². The highest BCUT2D eigenvalue weighted by Crippen LogP contribution is 2.33. The topological polar surface area (TPSA) is 49.8 Å². The Bertz CT molecular complexity index is 707. The van der Waals surface area contributed by atoms with E-state index in [0.717, 1.165) is 16.9 Å². The lowest BCUT2D eigenvalue weighted by Crippen LogP contribution is -2.39. The Labute approximate surface area is 146 Å². The zero-order valence-corrected chi connectivity index (χ0v) is 14.2. The van der Waals surface area contributed by atoms with Gasteiger partial charge in [-0.2, -0.15) is 0 Å². The molecule has 25 heavy (non-hydrogen) atoms. The number of hydrogen-bond acceptors (Lipinski definition) is 3. The second kappa shape index (κ2) is 7.66. The number of carbonyl (C=O) groups is 1. The van der Waals surface area contributed by atoms with Gasteiger partial charge in [0.15, 0.2) is 0 Å². The summed E-state index contributed by atoms with van der Waals surface area (Å²) >= 11 is 0. The van der Waals surface area contributed by atoms with Crippen molar-refractivity contribution in [1.82, 2.24) is 4.90 Å². The van der Waals surface area contributed by atoms with Gasteiger partial charge in [-0.1, -0.05) is 24.3 Å². The summed E-state index contributed by atoms with van der Waals surface area (Å²) in [4.78, 5) is 13.5. The number of halogens is 1. The number of carboxylic acid groups (broad SMARTS) is 1. The molecule has 1 aliphatic heterocycles. The maximum atomic E-state index is 13.3. The Morgan fingerprint density at radius 1 is 1.08 bits per heavy atom. The van der Waals surface area contributed by atoms with Gasteiger partial charge in [-0.15, -0.1) is 0 Å². The molecule has 1 aliphatic rings. The SMILES string of the molecule is COc1ccc(C(c2ccc(F)cc2)N2CCC(C(=O)O)CC2)cc1. The van der Waals surface area contributed by atoms with Gasteiger partial charge in [-0.3, -0.25) is 9.69 Å². The number of carboxylic acids is 1. The van der Waals surface area contributed by atoms with Crippen LogP contribution in [0.2, 0.25) is 0 Å². The molecule has 1 heterocycles. The summed E-state index contributed by atoms with van der Waals surface area (Å²) in [6.45, 7) is 1.40. The van der Waals surface area contributed by atoms with Gasteiger partial charge < -0.3 is 9.84 Å². The van der Waals surface area contributed by atoms with Crippen molar-refractivity contribution in [3.63, 3.8) is 0 Å². The predicted molar refractivity (Wildman–Crippen MR) is 93.2 cm³/mol. The minimum atomic E-state index is -0.720. The maximum absolute atomic E-state index is 13.3. The first-order chi connectivity index (χ1) is 12.1. The monoisotopic (exact) mass is 343 g/mol. The van der Waals surface area contributed by atoms with Gasteiger partial charge in [-0.25, -0.2) is 4.39 Å². The van der Waals surface area contributed by atoms with Gasteiger partial charge >= 0.3 is 5.97 Å². The summed E-state index contributed by atoms with van der Waals surface area (Å²) in [5, 5.41) is 9.21. The first kappa shape index (κ1) is 17.4. The maximum Gasteiger partial charge on any atom is 0.306 e. The minimum absolute atomic E-state index is 0.0266. The third kappa shape index (κ3) is 3.99. The molecule has 0 bridgehead atoms. The van der Waals surface area contributed by atoms with Crippen LogP contribution in [0.3, 0.4) is 0 Å². The molecule has 1 N–H and O–H groups in total. The van der Waals surface area contributed by atoms with Gasteiger partial charge in [-0.05, 0) is 61.3 Å². The van der Waals surface area contributed by atoms with E-state index in [4.69, 9.17) is 4.74 Å². The molecule has 0 aromatic heterocycles. The Morgan fingerprint density at radius 3 is 2.08 bits per heavy atom. The van der Waals surface area contributed by atoms with Crippen molar-refractivity contribution in [1.29, 1.82) is 0 Å². The lowest BCUT2D eigenvalue weighted by atomic mass is 9.91. The molecule has 0 spiro atoms. The zero-order valence-electron chi connectivity index (χ0n) is 14.2. The molecule has 0 aliphatic carbocycles. The van der Waals surface area contributed by atoms with E-state index in [1.807, 2.05) is 24.3 Å². The van der Waals surface area contributed by atoms with Crippen LogP contribution >= 0.6 is 0 Å². The third-order valence-electron chi connectivity index (χ3n) is 4.86. The van der Waals surface area contributed by atoms with Crippen LogP contribution in [-0.2, 0) is 4.79 Å². The largest absolute Gasteiger partial charge is 0.497 e. The van der Waals surface area contributed by atoms with Crippen LogP contribution in [0.15, 0.2) is 48.5 Å². The molecule has 1 unspecified atom stereocenters. The molecule has 4 nitrogen and oxygen atoms in total. The summed E-state index contributed by atoms with van der Waals surface area (Å²) in [5.41, 5.74) is 2.08. The van der Waals surface area contributed by atoms with Crippen molar-refractivity contribution < 1.29 is 19.0 Å². The second-order valence-electron chi connectivity index (χ2n) is 6.38. The fraction of sp³-hybridized carbons (Fsp3) is 0.350. The van der Waals surface area contributed by atoms with E-state index in [1.54, 1.807) is 19.2 Å². The average molecular weight is 343 g/mol. The van der Waals surface area contributed by atoms with Crippen molar-refractivity contribution in [3.05, 3.63) is 65.5 Å². The highest BCUT2D eigenvalue weighted by Gasteiger charge is 2.30. The lowest BCUT2D eigenvalue weighted by molar-refractivity contribution is -0.143. The molecule has 0 radical (unpaired) electrons. The zero-order chi connectivity index (χ0) is 17.8. The first-order valence-corrected chi connectivity index (χ1v) is 8.44. The van der Waals surface area contributed by atoms with Gasteiger partial charge in [0.05, 0.1) is 19.1 Å². The number of benzene rings is 2. The summed E-state index contributed by atoms with van der Waals surface area (Å²) in [6.07, 6.45) is 1.26. The van der Waals surface area contributed by atoms with Gasteiger partial charge in [0.1, 0.15) is 11.6 Å². The number of aliphatic carboxylic acids is 1. The molecule has 3 rings (SSSR count). The van der Waals surface area contributed by atoms with Gasteiger partial charge in [0, 0.05) is 0 Å². The number of piperidine rings is 1. The van der Waals surface area contributed by atoms with Crippen LogP contribution in [0.1, 0.15) is 30.0 Å². The van der Waals surface area contributed by atoms with E-state index >= 15 is 0 Å². The minimum Gasteiger partial charge on any atom is -0.497 e. The van der Waals surface area contributed by atoms with Crippen molar-refractivity contribution in [3.8, 4) is 5.75 Å². The number of ether oxygens (including phenoxy) is 1. The molecule has 1 atom stereocenters. The van der Waals surface area contributed by atoms with Gasteiger partial charge in [0.25, 0.3) is 0 Å². The van der Waals surface area contributed by atoms with Crippen LogP contribution in [0.4, 0.5) is 4.39 Å². The van der Waals surface area contributed by atoms with Crippen molar-refractivity contribution in [2.24, 2.45) is 5.92 Å². The molecule has 1 fully saturated rings. The molecule has 2 aromatic rings. The van der Waals surface area contributed by atoms with E-state index in [2.05, 4.69) is 4.90 Å². The quantitative estimate of drug-likeness (QED) is 0.899. The highest BCUT2D eigenvalue weighted by atomic mass is 19.1. The molecule has 0 saturated carbocycles. The highest BCUT2D eigenvalue weighted by molar-refractivity contribution is 5.70. The first-order valence-electron chi connectivity index (χ1n) is 8.44. The van der Waals surface area contributed by atoms with E-state index in [1.165, 1.54) is 12.1 Å². The fourth-order valence-corrected chi connectivity index (χ4v) is 3.45. The Morgan fingerprint density at radius 2 is 1.60 bits per heavy atom. The second-order valence-corrected chi connectivity index (χ2v) is 6.38. The smallest absolute Gasteiger partial charge is 0.306 e. The van der Waals surface area contributed by atoms with E-state index in [9.17, 15) is 14.3 Å². The van der Waals surface area contributed by atoms with Crippen molar-refractivity contribution >= 4 is 5.97 Å². The van der Waals surface area contributed by atoms with Crippen LogP contribution in [-0.4, -0.2) is 36.2 Å². The molecule has 1 saturated heterocycles. The Kier molecular flexibility index (Phi) is 5.34. The molecular weight excluding hydrogens is 321 g/mol. The normalized spacial score (nSPS) is 17.2. The van der Waals surface area contributed by atoms with Crippen LogP contribution < -0.4 is 4.74 Å². The van der Waals surface area contributed by atoms with Crippen LogP contribution in [0.5, 0.6) is 5.75 Å². The number of rotatable bonds is 5. The molecule has 5 heteroatoms. The van der Waals surface area contributed by atoms with E-state index in [0.29, 0.717) is 25.9 Å². The Balaban J connectivity index is 1.89. The van der Waals surface area contributed by atoms with Crippen LogP contribution in [0.25, 0.3) is 0 Å². The summed E-state index contributed by atoms with van der Waals surface area (Å²) in [5.74, 6) is -0.476. The van der Waals surface area contributed by atoms with E-state index in [-0.39, 0.29) is 17.8 Å². The number of likely N-dealkylation sites (tertiary alicyclic amines) is 1. The fourth-order valence-electron chi connectivity index (χ4n) is 3.45. The van der Waals surface area contributed by atoms with Crippen LogP contribution in [0, 0.1) is 11.7 Å². The average Bonchev–Trinajstić information content (AvgIpc) is 2.64. The van der Waals surface area contributed by atoms with Crippen molar-refractivity contribution in [2.75, 3.05) is 20.2 Å². The summed E-state index contributed by atoms with van der Waals surface area (Å²) < 4.78 is 18.6. The lowest BCUT2D eigenvalue weighted by Gasteiger charge is -2.37. The number of methoxy groups -OCH3 is 1. The molecule has 0 amide bonds. The molecule has 132 valence electrons. The van der Waals surface area contributed by atoms with E-state index < -0.39 is 5.97 Å². The predicted octanol–water partition coefficient (Wildman–Crippen LogP) is 3.72. The summed E-state index contributed by atoms with van der Waals surface area (Å²) in [6, 6.07) is 14.4. The number of hydrogen-bond donors (Lipinski definition) is 1. The summed E-state index contributed by atoms with van der Waals surface area (Å²) in [7, 11) is 1.63. The standard InChI is InChI=1S/C20H22FNO3/c1-25-18-8-4-15(5-9-18)19(14-2-6-17(21)7-3-14)22-12-10-16(11-13-22)20(23)24/h2-9,16,19H,10-13H2,1H3,(H,23,24). The number of nitrogens with zero attached hydrogens (tertiary/aromatic N) is 1. The Hall–Kier alpha value is -2.40. The third-order valence-corrected chi connectivity index (χ3v) is 4.86. The molecule has 2 aromatic carbocycles.